The van der Waals surface area contributed by atoms with Gasteiger partial charge in [-0.2, -0.15) is 0 Å². The molecule has 0 aliphatic heterocycles. The molecule has 1 aromatic heterocycles. The van der Waals surface area contributed by atoms with Crippen LogP contribution in [0.2, 0.25) is 0 Å². The molecule has 0 saturated carbocycles. The quantitative estimate of drug-likeness (QED) is 0.854. The minimum atomic E-state index is 0.210. The van der Waals surface area contributed by atoms with Gasteiger partial charge in [0.15, 0.2) is 0 Å². The fourth-order valence-corrected chi connectivity index (χ4v) is 2.06. The lowest BCUT2D eigenvalue weighted by Crippen LogP contribution is -2.15. The van der Waals surface area contributed by atoms with Gasteiger partial charge in [-0.1, -0.05) is 39.0 Å². The molecule has 2 aromatic rings. The highest BCUT2D eigenvalue weighted by Gasteiger charge is 2.17. The Hall–Kier alpha value is -2.03. The second-order valence-corrected chi connectivity index (χ2v) is 5.81. The van der Waals surface area contributed by atoms with Crippen LogP contribution in [-0.2, 0) is 12.0 Å². The summed E-state index contributed by atoms with van der Waals surface area (Å²) in [5, 5.41) is 3.03. The van der Waals surface area contributed by atoms with Gasteiger partial charge in [-0.3, -0.25) is 0 Å². The van der Waals surface area contributed by atoms with Crippen molar-refractivity contribution in [1.29, 1.82) is 0 Å². The van der Waals surface area contributed by atoms with E-state index in [-0.39, 0.29) is 5.41 Å². The predicted molar refractivity (Wildman–Crippen MR) is 87.9 cm³/mol. The van der Waals surface area contributed by atoms with Gasteiger partial charge in [0.25, 0.3) is 0 Å². The Morgan fingerprint density at radius 1 is 1.10 bits per heavy atom. The standard InChI is InChI=1S/C18H24N2O/c1-5-18(2,3)14-9-11-16(12-10-14)21-13-15-7-6-8-17(19-4)20-15/h6-12H,5,13H2,1-4H3,(H,19,20). The number of hydrogen-bond acceptors (Lipinski definition) is 3. The number of rotatable bonds is 6. The summed E-state index contributed by atoms with van der Waals surface area (Å²) in [6, 6.07) is 14.3. The van der Waals surface area contributed by atoms with E-state index in [1.165, 1.54) is 5.56 Å². The third-order valence-electron chi connectivity index (χ3n) is 3.97. The van der Waals surface area contributed by atoms with E-state index in [1.807, 2.05) is 37.4 Å². The van der Waals surface area contributed by atoms with Gasteiger partial charge in [-0.15, -0.1) is 0 Å². The molecular weight excluding hydrogens is 260 g/mol. The number of nitrogens with zero attached hydrogens (tertiary/aromatic N) is 1. The molecule has 0 aliphatic carbocycles. The zero-order chi connectivity index (χ0) is 15.3. The van der Waals surface area contributed by atoms with Gasteiger partial charge >= 0.3 is 0 Å². The van der Waals surface area contributed by atoms with E-state index in [0.29, 0.717) is 6.61 Å². The molecule has 0 bridgehead atoms. The van der Waals surface area contributed by atoms with Crippen LogP contribution in [0.25, 0.3) is 0 Å². The first kappa shape index (κ1) is 15.4. The van der Waals surface area contributed by atoms with Crippen molar-refractivity contribution in [1.82, 2.24) is 4.98 Å². The topological polar surface area (TPSA) is 34.1 Å². The molecule has 112 valence electrons. The summed E-state index contributed by atoms with van der Waals surface area (Å²) in [5.74, 6) is 1.73. The van der Waals surface area contributed by atoms with Crippen LogP contribution in [0.1, 0.15) is 38.4 Å². The number of anilines is 1. The van der Waals surface area contributed by atoms with Gasteiger partial charge in [0, 0.05) is 7.05 Å². The molecule has 1 N–H and O–H groups in total. The Bertz CT molecular complexity index is 576. The van der Waals surface area contributed by atoms with E-state index >= 15 is 0 Å². The van der Waals surface area contributed by atoms with E-state index in [4.69, 9.17) is 4.74 Å². The van der Waals surface area contributed by atoms with Gasteiger partial charge in [0.2, 0.25) is 0 Å². The first-order valence-electron chi connectivity index (χ1n) is 7.42. The van der Waals surface area contributed by atoms with Gasteiger partial charge < -0.3 is 10.1 Å². The van der Waals surface area contributed by atoms with Crippen molar-refractivity contribution in [3.05, 3.63) is 53.7 Å². The van der Waals surface area contributed by atoms with Crippen LogP contribution >= 0.6 is 0 Å². The van der Waals surface area contributed by atoms with E-state index in [1.54, 1.807) is 0 Å². The minimum absolute atomic E-state index is 0.210. The molecule has 0 unspecified atom stereocenters. The van der Waals surface area contributed by atoms with Crippen molar-refractivity contribution in [3.8, 4) is 5.75 Å². The summed E-state index contributed by atoms with van der Waals surface area (Å²) in [7, 11) is 1.86. The van der Waals surface area contributed by atoms with Crippen molar-refractivity contribution >= 4 is 5.82 Å². The first-order chi connectivity index (χ1) is 10.0. The minimum Gasteiger partial charge on any atom is -0.487 e. The summed E-state index contributed by atoms with van der Waals surface area (Å²) in [4.78, 5) is 4.44. The molecule has 0 radical (unpaired) electrons. The van der Waals surface area contributed by atoms with Crippen LogP contribution in [0, 0.1) is 0 Å². The van der Waals surface area contributed by atoms with Crippen LogP contribution in [0.5, 0.6) is 5.75 Å². The van der Waals surface area contributed by atoms with Gasteiger partial charge in [0.05, 0.1) is 5.69 Å². The van der Waals surface area contributed by atoms with Gasteiger partial charge in [-0.05, 0) is 41.7 Å². The Kier molecular flexibility index (Phi) is 4.84. The largest absolute Gasteiger partial charge is 0.487 e. The fraction of sp³-hybridized carbons (Fsp3) is 0.389. The molecule has 1 heterocycles. The molecule has 0 saturated heterocycles. The lowest BCUT2D eigenvalue weighted by Gasteiger charge is -2.23. The fourth-order valence-electron chi connectivity index (χ4n) is 2.06. The first-order valence-corrected chi connectivity index (χ1v) is 7.42. The van der Waals surface area contributed by atoms with Crippen LogP contribution in [0.3, 0.4) is 0 Å². The Morgan fingerprint density at radius 2 is 1.81 bits per heavy atom. The number of hydrogen-bond donors (Lipinski definition) is 1. The van der Waals surface area contributed by atoms with E-state index in [9.17, 15) is 0 Å². The Balaban J connectivity index is 2.00. The van der Waals surface area contributed by atoms with Gasteiger partial charge in [0.1, 0.15) is 18.2 Å². The lowest BCUT2D eigenvalue weighted by molar-refractivity contribution is 0.301. The predicted octanol–water partition coefficient (Wildman–Crippen LogP) is 4.39. The Labute approximate surface area is 127 Å². The smallest absolute Gasteiger partial charge is 0.130 e. The maximum Gasteiger partial charge on any atom is 0.130 e. The zero-order valence-corrected chi connectivity index (χ0v) is 13.3. The molecule has 2 rings (SSSR count). The lowest BCUT2D eigenvalue weighted by atomic mass is 9.82. The number of pyridine rings is 1. The van der Waals surface area contributed by atoms with Crippen molar-refractivity contribution in [2.24, 2.45) is 0 Å². The third-order valence-corrected chi connectivity index (χ3v) is 3.97. The molecule has 1 aromatic carbocycles. The average molecular weight is 284 g/mol. The summed E-state index contributed by atoms with van der Waals surface area (Å²) < 4.78 is 5.80. The number of benzene rings is 1. The molecule has 0 spiro atoms. The number of aromatic nitrogens is 1. The maximum atomic E-state index is 5.80. The summed E-state index contributed by atoms with van der Waals surface area (Å²) in [6.45, 7) is 7.21. The summed E-state index contributed by atoms with van der Waals surface area (Å²) in [6.07, 6.45) is 1.12. The van der Waals surface area contributed by atoms with E-state index in [2.05, 4.69) is 43.2 Å². The second kappa shape index (κ2) is 6.61. The monoisotopic (exact) mass is 284 g/mol. The summed E-state index contributed by atoms with van der Waals surface area (Å²) in [5.41, 5.74) is 2.47. The molecular formula is C18H24N2O. The molecule has 0 atom stereocenters. The number of nitrogens with one attached hydrogen (secondary N) is 1. The van der Waals surface area contributed by atoms with Crippen molar-refractivity contribution < 1.29 is 4.74 Å². The Morgan fingerprint density at radius 3 is 2.43 bits per heavy atom. The van der Waals surface area contributed by atoms with E-state index in [0.717, 1.165) is 23.7 Å². The summed E-state index contributed by atoms with van der Waals surface area (Å²) >= 11 is 0. The highest BCUT2D eigenvalue weighted by Crippen LogP contribution is 2.28. The van der Waals surface area contributed by atoms with Crippen LogP contribution < -0.4 is 10.1 Å². The molecule has 3 heteroatoms. The SMILES string of the molecule is CCC(C)(C)c1ccc(OCc2cccc(NC)n2)cc1. The normalized spacial score (nSPS) is 11.2. The van der Waals surface area contributed by atoms with Crippen molar-refractivity contribution in [2.75, 3.05) is 12.4 Å². The van der Waals surface area contributed by atoms with Gasteiger partial charge in [-0.25, -0.2) is 4.98 Å². The van der Waals surface area contributed by atoms with E-state index < -0.39 is 0 Å². The zero-order valence-electron chi connectivity index (χ0n) is 13.3. The molecule has 0 aliphatic rings. The van der Waals surface area contributed by atoms with Crippen molar-refractivity contribution in [2.45, 2.75) is 39.2 Å². The highest BCUT2D eigenvalue weighted by atomic mass is 16.5. The maximum absolute atomic E-state index is 5.80. The average Bonchev–Trinajstić information content (AvgIpc) is 2.53. The molecule has 0 amide bonds. The molecule has 21 heavy (non-hydrogen) atoms. The highest BCUT2D eigenvalue weighted by molar-refractivity contribution is 5.34. The number of ether oxygens (including phenoxy) is 1. The third kappa shape index (κ3) is 3.97. The molecule has 0 fully saturated rings. The second-order valence-electron chi connectivity index (χ2n) is 5.81. The van der Waals surface area contributed by atoms with Crippen LogP contribution in [-0.4, -0.2) is 12.0 Å². The van der Waals surface area contributed by atoms with Crippen molar-refractivity contribution in [3.63, 3.8) is 0 Å². The molecule has 3 nitrogen and oxygen atoms in total. The van der Waals surface area contributed by atoms with Crippen LogP contribution in [0.4, 0.5) is 5.82 Å². The van der Waals surface area contributed by atoms with Crippen LogP contribution in [0.15, 0.2) is 42.5 Å².